The highest BCUT2D eigenvalue weighted by Crippen LogP contribution is 2.19. The third-order valence-electron chi connectivity index (χ3n) is 3.73. The monoisotopic (exact) mass is 253 g/mol. The molecule has 1 aliphatic carbocycles. The predicted molar refractivity (Wildman–Crippen MR) is 69.0 cm³/mol. The van der Waals surface area contributed by atoms with Crippen LogP contribution in [0, 0.1) is 5.92 Å². The van der Waals surface area contributed by atoms with Crippen molar-refractivity contribution in [2.75, 3.05) is 26.2 Å². The molecule has 1 saturated carbocycles. The highest BCUT2D eigenvalue weighted by atomic mass is 16.2. The smallest absolute Gasteiger partial charge is 0.236 e. The molecular formula is C13H23N3O2. The van der Waals surface area contributed by atoms with Gasteiger partial charge in [-0.1, -0.05) is 0 Å². The molecule has 2 rings (SSSR count). The van der Waals surface area contributed by atoms with Gasteiger partial charge in [-0.3, -0.25) is 9.59 Å². The Hall–Kier alpha value is -1.10. The van der Waals surface area contributed by atoms with Crippen LogP contribution in [0.5, 0.6) is 0 Å². The first-order valence-electron chi connectivity index (χ1n) is 6.90. The van der Waals surface area contributed by atoms with E-state index in [0.29, 0.717) is 18.5 Å². The molecule has 0 bridgehead atoms. The Bertz CT molecular complexity index is 307. The second kappa shape index (κ2) is 6.18. The van der Waals surface area contributed by atoms with E-state index in [4.69, 9.17) is 0 Å². The SMILES string of the molecule is CC(=O)NCC1CCN(C(=O)CNC2CC2)CC1. The van der Waals surface area contributed by atoms with Gasteiger partial charge in [-0.2, -0.15) is 0 Å². The lowest BCUT2D eigenvalue weighted by Crippen LogP contribution is -2.44. The minimum Gasteiger partial charge on any atom is -0.356 e. The van der Waals surface area contributed by atoms with Crippen molar-refractivity contribution >= 4 is 11.8 Å². The molecule has 0 aromatic carbocycles. The predicted octanol–water partition coefficient (Wildman–Crippen LogP) is 0.113. The molecule has 0 aromatic heterocycles. The minimum atomic E-state index is 0.0298. The van der Waals surface area contributed by atoms with Crippen molar-refractivity contribution in [1.82, 2.24) is 15.5 Å². The summed E-state index contributed by atoms with van der Waals surface area (Å²) >= 11 is 0. The molecule has 0 aromatic rings. The summed E-state index contributed by atoms with van der Waals surface area (Å²) in [6.07, 6.45) is 4.42. The molecule has 2 aliphatic rings. The summed E-state index contributed by atoms with van der Waals surface area (Å²) in [5.74, 6) is 0.774. The van der Waals surface area contributed by atoms with E-state index in [1.54, 1.807) is 6.92 Å². The first-order valence-corrected chi connectivity index (χ1v) is 6.90. The second-order valence-electron chi connectivity index (χ2n) is 5.42. The fourth-order valence-corrected chi connectivity index (χ4v) is 2.31. The van der Waals surface area contributed by atoms with Crippen LogP contribution >= 0.6 is 0 Å². The fourth-order valence-electron chi connectivity index (χ4n) is 2.31. The number of rotatable bonds is 5. The van der Waals surface area contributed by atoms with Gasteiger partial charge in [0.1, 0.15) is 0 Å². The summed E-state index contributed by atoms with van der Waals surface area (Å²) in [7, 11) is 0. The van der Waals surface area contributed by atoms with Gasteiger partial charge in [-0.15, -0.1) is 0 Å². The van der Waals surface area contributed by atoms with Gasteiger partial charge in [0.2, 0.25) is 11.8 Å². The van der Waals surface area contributed by atoms with Gasteiger partial charge in [0.25, 0.3) is 0 Å². The Kier molecular flexibility index (Phi) is 4.58. The van der Waals surface area contributed by atoms with Gasteiger partial charge < -0.3 is 15.5 Å². The maximum atomic E-state index is 11.9. The van der Waals surface area contributed by atoms with E-state index < -0.39 is 0 Å². The molecule has 5 nitrogen and oxygen atoms in total. The lowest BCUT2D eigenvalue weighted by Gasteiger charge is -2.32. The molecule has 0 spiro atoms. The van der Waals surface area contributed by atoms with Gasteiger partial charge in [0.05, 0.1) is 6.54 Å². The Balaban J connectivity index is 1.62. The van der Waals surface area contributed by atoms with Crippen LogP contribution in [0.15, 0.2) is 0 Å². The lowest BCUT2D eigenvalue weighted by atomic mass is 9.97. The first kappa shape index (κ1) is 13.3. The number of carbonyl (C=O) groups is 2. The zero-order chi connectivity index (χ0) is 13.0. The quantitative estimate of drug-likeness (QED) is 0.731. The van der Waals surface area contributed by atoms with Crippen LogP contribution < -0.4 is 10.6 Å². The molecule has 5 heteroatoms. The minimum absolute atomic E-state index is 0.0298. The zero-order valence-electron chi connectivity index (χ0n) is 11.1. The normalized spacial score (nSPS) is 20.8. The number of carbonyl (C=O) groups excluding carboxylic acids is 2. The van der Waals surface area contributed by atoms with Crippen LogP contribution in [0.4, 0.5) is 0 Å². The molecular weight excluding hydrogens is 230 g/mol. The third kappa shape index (κ3) is 4.29. The maximum Gasteiger partial charge on any atom is 0.236 e. The molecule has 2 amide bonds. The van der Waals surface area contributed by atoms with E-state index in [1.165, 1.54) is 12.8 Å². The number of nitrogens with zero attached hydrogens (tertiary/aromatic N) is 1. The van der Waals surface area contributed by atoms with Crippen LogP contribution in [0.1, 0.15) is 32.6 Å². The Morgan fingerprint density at radius 2 is 1.83 bits per heavy atom. The number of likely N-dealkylation sites (tertiary alicyclic amines) is 1. The van der Waals surface area contributed by atoms with Crippen molar-refractivity contribution in [2.24, 2.45) is 5.92 Å². The van der Waals surface area contributed by atoms with Crippen LogP contribution in [0.25, 0.3) is 0 Å². The molecule has 1 saturated heterocycles. The summed E-state index contributed by atoms with van der Waals surface area (Å²) in [6.45, 7) is 4.44. The van der Waals surface area contributed by atoms with Gasteiger partial charge >= 0.3 is 0 Å². The average Bonchev–Trinajstić information content (AvgIpc) is 3.18. The first-order chi connectivity index (χ1) is 8.65. The number of hydrogen-bond donors (Lipinski definition) is 2. The Labute approximate surface area is 108 Å². The molecule has 2 N–H and O–H groups in total. The number of nitrogens with one attached hydrogen (secondary N) is 2. The molecule has 0 atom stereocenters. The molecule has 0 unspecified atom stereocenters. The standard InChI is InChI=1S/C13H23N3O2/c1-10(17)14-8-11-4-6-16(7-5-11)13(18)9-15-12-2-3-12/h11-12,15H,2-9H2,1H3,(H,14,17). The second-order valence-corrected chi connectivity index (χ2v) is 5.42. The van der Waals surface area contributed by atoms with Crippen molar-refractivity contribution in [1.29, 1.82) is 0 Å². The molecule has 102 valence electrons. The number of piperidine rings is 1. The van der Waals surface area contributed by atoms with Gasteiger partial charge in [-0.25, -0.2) is 0 Å². The van der Waals surface area contributed by atoms with Crippen molar-refractivity contribution in [2.45, 2.75) is 38.6 Å². The van der Waals surface area contributed by atoms with Crippen LogP contribution in [-0.4, -0.2) is 48.9 Å². The van der Waals surface area contributed by atoms with Crippen molar-refractivity contribution in [3.05, 3.63) is 0 Å². The van der Waals surface area contributed by atoms with Crippen molar-refractivity contribution < 1.29 is 9.59 Å². The van der Waals surface area contributed by atoms with E-state index in [-0.39, 0.29) is 11.8 Å². The van der Waals surface area contributed by atoms with Gasteiger partial charge in [0, 0.05) is 32.6 Å². The molecule has 1 aliphatic heterocycles. The van der Waals surface area contributed by atoms with Crippen molar-refractivity contribution in [3.8, 4) is 0 Å². The van der Waals surface area contributed by atoms with E-state index in [9.17, 15) is 9.59 Å². The van der Waals surface area contributed by atoms with E-state index in [1.807, 2.05) is 4.90 Å². The van der Waals surface area contributed by atoms with E-state index in [2.05, 4.69) is 10.6 Å². The Morgan fingerprint density at radius 3 is 2.39 bits per heavy atom. The summed E-state index contributed by atoms with van der Waals surface area (Å²) in [6, 6.07) is 0.589. The lowest BCUT2D eigenvalue weighted by molar-refractivity contribution is -0.131. The highest BCUT2D eigenvalue weighted by Gasteiger charge is 2.25. The average molecular weight is 253 g/mol. The molecule has 2 fully saturated rings. The molecule has 18 heavy (non-hydrogen) atoms. The van der Waals surface area contributed by atoms with E-state index >= 15 is 0 Å². The third-order valence-corrected chi connectivity index (χ3v) is 3.73. The zero-order valence-corrected chi connectivity index (χ0v) is 11.1. The molecule has 1 heterocycles. The van der Waals surface area contributed by atoms with Crippen LogP contribution in [0.3, 0.4) is 0 Å². The summed E-state index contributed by atoms with van der Waals surface area (Å²) in [5, 5.41) is 6.11. The fraction of sp³-hybridized carbons (Fsp3) is 0.846. The van der Waals surface area contributed by atoms with Crippen LogP contribution in [-0.2, 0) is 9.59 Å². The number of hydrogen-bond acceptors (Lipinski definition) is 3. The van der Waals surface area contributed by atoms with E-state index in [0.717, 1.165) is 32.5 Å². The topological polar surface area (TPSA) is 61.4 Å². The number of amides is 2. The Morgan fingerprint density at radius 1 is 1.17 bits per heavy atom. The van der Waals surface area contributed by atoms with Crippen LogP contribution in [0.2, 0.25) is 0 Å². The summed E-state index contributed by atoms with van der Waals surface area (Å²) < 4.78 is 0. The molecule has 0 radical (unpaired) electrons. The highest BCUT2D eigenvalue weighted by molar-refractivity contribution is 5.78. The van der Waals surface area contributed by atoms with Crippen molar-refractivity contribution in [3.63, 3.8) is 0 Å². The van der Waals surface area contributed by atoms with Gasteiger partial charge in [0.15, 0.2) is 0 Å². The summed E-state index contributed by atoms with van der Waals surface area (Å²) in [5.41, 5.74) is 0. The maximum absolute atomic E-state index is 11.9. The summed E-state index contributed by atoms with van der Waals surface area (Å²) in [4.78, 5) is 24.7. The van der Waals surface area contributed by atoms with Gasteiger partial charge in [-0.05, 0) is 31.6 Å². The largest absolute Gasteiger partial charge is 0.356 e.